The van der Waals surface area contributed by atoms with E-state index < -0.39 is 0 Å². The Kier molecular flexibility index (Phi) is 4.74. The Hall–Kier alpha value is -3.55. The summed E-state index contributed by atoms with van der Waals surface area (Å²) < 4.78 is 15.5. The monoisotopic (exact) mass is 354 g/mol. The van der Waals surface area contributed by atoms with E-state index in [0.717, 1.165) is 5.56 Å². The number of nitrogens with zero attached hydrogens (tertiary/aromatic N) is 2. The second-order valence-electron chi connectivity index (χ2n) is 5.44. The number of carbonyl (C=O) groups excluding carboxylic acids is 1. The summed E-state index contributed by atoms with van der Waals surface area (Å²) in [5.41, 5.74) is 8.34. The normalized spacial score (nSPS) is 10.4. The number of ether oxygens (including phenoxy) is 2. The average Bonchev–Trinajstić information content (AvgIpc) is 3.07. The van der Waals surface area contributed by atoms with Gasteiger partial charge in [0.25, 0.3) is 5.91 Å². The van der Waals surface area contributed by atoms with Crippen LogP contribution in [-0.2, 0) is 0 Å². The van der Waals surface area contributed by atoms with Crippen LogP contribution in [0.15, 0.2) is 41.1 Å². The van der Waals surface area contributed by atoms with Crippen LogP contribution in [0.5, 0.6) is 11.5 Å². The van der Waals surface area contributed by atoms with Crippen LogP contribution in [0.1, 0.15) is 16.1 Å². The molecule has 0 bridgehead atoms. The minimum Gasteiger partial charge on any atom is -0.493 e. The highest BCUT2D eigenvalue weighted by atomic mass is 16.5. The topological polar surface area (TPSA) is 112 Å². The third-order valence-electron chi connectivity index (χ3n) is 3.85. The first kappa shape index (κ1) is 17.3. The van der Waals surface area contributed by atoms with E-state index in [1.54, 1.807) is 39.3 Å². The van der Waals surface area contributed by atoms with Crippen molar-refractivity contribution in [1.82, 2.24) is 10.1 Å². The Morgan fingerprint density at radius 3 is 2.58 bits per heavy atom. The van der Waals surface area contributed by atoms with Gasteiger partial charge >= 0.3 is 0 Å². The molecule has 0 atom stereocenters. The fraction of sp³-hybridized carbons (Fsp3) is 0.167. The number of aromatic nitrogens is 2. The SMILES string of the molecule is COc1cccc(-c2ccc(NC(=O)c3conc3C)nc2N)c1OC. The summed E-state index contributed by atoms with van der Waals surface area (Å²) in [6, 6.07) is 8.90. The highest BCUT2D eigenvalue weighted by Crippen LogP contribution is 2.39. The van der Waals surface area contributed by atoms with Crippen molar-refractivity contribution in [2.75, 3.05) is 25.3 Å². The molecule has 0 spiro atoms. The molecule has 0 aliphatic rings. The lowest BCUT2D eigenvalue weighted by Gasteiger charge is -2.14. The lowest BCUT2D eigenvalue weighted by atomic mass is 10.0. The van der Waals surface area contributed by atoms with Crippen LogP contribution < -0.4 is 20.5 Å². The van der Waals surface area contributed by atoms with Gasteiger partial charge in [-0.1, -0.05) is 17.3 Å². The number of anilines is 2. The minimum absolute atomic E-state index is 0.247. The van der Waals surface area contributed by atoms with Crippen LogP contribution in [0.4, 0.5) is 11.6 Å². The number of rotatable bonds is 5. The molecule has 1 aromatic carbocycles. The van der Waals surface area contributed by atoms with Crippen molar-refractivity contribution in [3.8, 4) is 22.6 Å². The molecule has 0 aliphatic carbocycles. The summed E-state index contributed by atoms with van der Waals surface area (Å²) in [5, 5.41) is 6.35. The number of hydrogen-bond donors (Lipinski definition) is 2. The van der Waals surface area contributed by atoms with Gasteiger partial charge in [0.05, 0.1) is 19.9 Å². The molecule has 26 heavy (non-hydrogen) atoms. The van der Waals surface area contributed by atoms with Gasteiger partial charge in [-0.25, -0.2) is 4.98 Å². The number of benzene rings is 1. The van der Waals surface area contributed by atoms with Crippen molar-refractivity contribution in [1.29, 1.82) is 0 Å². The van der Waals surface area contributed by atoms with E-state index >= 15 is 0 Å². The third-order valence-corrected chi connectivity index (χ3v) is 3.85. The van der Waals surface area contributed by atoms with Gasteiger partial charge in [0, 0.05) is 11.1 Å². The van der Waals surface area contributed by atoms with Crippen molar-refractivity contribution in [3.63, 3.8) is 0 Å². The number of methoxy groups -OCH3 is 2. The highest BCUT2D eigenvalue weighted by molar-refractivity contribution is 6.04. The molecule has 8 nitrogen and oxygen atoms in total. The van der Waals surface area contributed by atoms with Crippen LogP contribution in [0.2, 0.25) is 0 Å². The van der Waals surface area contributed by atoms with Crippen LogP contribution >= 0.6 is 0 Å². The minimum atomic E-state index is -0.373. The van der Waals surface area contributed by atoms with Crippen LogP contribution in [0.3, 0.4) is 0 Å². The summed E-state index contributed by atoms with van der Waals surface area (Å²) in [7, 11) is 3.12. The van der Waals surface area contributed by atoms with Gasteiger partial charge in [-0.2, -0.15) is 0 Å². The van der Waals surface area contributed by atoms with Gasteiger partial charge in [-0.05, 0) is 25.1 Å². The molecule has 0 saturated heterocycles. The molecule has 2 aromatic heterocycles. The summed E-state index contributed by atoms with van der Waals surface area (Å²) >= 11 is 0. The van der Waals surface area contributed by atoms with Gasteiger partial charge in [0.15, 0.2) is 11.5 Å². The van der Waals surface area contributed by atoms with Crippen LogP contribution in [0, 0.1) is 6.92 Å². The molecule has 2 heterocycles. The summed E-state index contributed by atoms with van der Waals surface area (Å²) in [4.78, 5) is 16.5. The molecule has 134 valence electrons. The summed E-state index contributed by atoms with van der Waals surface area (Å²) in [6.07, 6.45) is 1.28. The van der Waals surface area contributed by atoms with Gasteiger partial charge < -0.3 is 25.0 Å². The summed E-state index contributed by atoms with van der Waals surface area (Å²) in [5.74, 6) is 1.34. The Bertz CT molecular complexity index is 952. The maximum atomic E-state index is 12.2. The first-order chi connectivity index (χ1) is 12.5. The van der Waals surface area contributed by atoms with E-state index in [1.165, 1.54) is 6.26 Å². The Morgan fingerprint density at radius 1 is 1.15 bits per heavy atom. The fourth-order valence-electron chi connectivity index (χ4n) is 2.57. The predicted molar refractivity (Wildman–Crippen MR) is 96.4 cm³/mol. The predicted octanol–water partition coefficient (Wildman–Crippen LogP) is 2.90. The molecule has 0 aliphatic heterocycles. The Balaban J connectivity index is 1.91. The number of amides is 1. The van der Waals surface area contributed by atoms with Gasteiger partial charge in [-0.3, -0.25) is 4.79 Å². The maximum absolute atomic E-state index is 12.2. The van der Waals surface area contributed by atoms with E-state index in [9.17, 15) is 4.79 Å². The largest absolute Gasteiger partial charge is 0.493 e. The molecule has 8 heteroatoms. The van der Waals surface area contributed by atoms with Crippen LogP contribution in [-0.4, -0.2) is 30.3 Å². The smallest absolute Gasteiger partial charge is 0.262 e. The average molecular weight is 354 g/mol. The number of nitrogens with one attached hydrogen (secondary N) is 1. The number of para-hydroxylation sites is 1. The molecule has 3 rings (SSSR count). The fourth-order valence-corrected chi connectivity index (χ4v) is 2.57. The molecule has 0 saturated carbocycles. The standard InChI is InChI=1S/C18H18N4O4/c1-10-13(9-26-22-10)18(23)21-15-8-7-12(17(19)20-15)11-5-4-6-14(24-2)16(11)25-3/h4-9H,1-3H3,(H3,19,20,21,23). The quantitative estimate of drug-likeness (QED) is 0.724. The van der Waals surface area contributed by atoms with E-state index in [2.05, 4.69) is 15.5 Å². The lowest BCUT2D eigenvalue weighted by Crippen LogP contribution is -2.14. The van der Waals surface area contributed by atoms with Crippen molar-refractivity contribution < 1.29 is 18.8 Å². The number of nitrogen functional groups attached to an aromatic ring is 1. The third kappa shape index (κ3) is 3.16. The van der Waals surface area contributed by atoms with E-state index in [-0.39, 0.29) is 11.7 Å². The Labute approximate surface area is 149 Å². The number of aryl methyl sites for hydroxylation is 1. The van der Waals surface area contributed by atoms with E-state index in [1.807, 2.05) is 12.1 Å². The van der Waals surface area contributed by atoms with Gasteiger partial charge in [-0.15, -0.1) is 0 Å². The number of carbonyl (C=O) groups is 1. The molecule has 0 radical (unpaired) electrons. The first-order valence-electron chi connectivity index (χ1n) is 7.75. The van der Waals surface area contributed by atoms with E-state index in [4.69, 9.17) is 19.7 Å². The molecule has 0 unspecified atom stereocenters. The zero-order valence-electron chi connectivity index (χ0n) is 14.6. The van der Waals surface area contributed by atoms with Gasteiger partial charge in [0.1, 0.15) is 23.5 Å². The van der Waals surface area contributed by atoms with Crippen LogP contribution in [0.25, 0.3) is 11.1 Å². The van der Waals surface area contributed by atoms with Crippen molar-refractivity contribution in [2.24, 2.45) is 0 Å². The number of nitrogens with two attached hydrogens (primary N) is 1. The molecule has 0 fully saturated rings. The molecule has 1 amide bonds. The summed E-state index contributed by atoms with van der Waals surface area (Å²) in [6.45, 7) is 1.68. The van der Waals surface area contributed by atoms with Crippen molar-refractivity contribution >= 4 is 17.5 Å². The zero-order chi connectivity index (χ0) is 18.7. The highest BCUT2D eigenvalue weighted by Gasteiger charge is 2.17. The second kappa shape index (κ2) is 7.14. The maximum Gasteiger partial charge on any atom is 0.262 e. The molecular formula is C18H18N4O4. The molecule has 3 N–H and O–H groups in total. The zero-order valence-corrected chi connectivity index (χ0v) is 14.6. The first-order valence-corrected chi connectivity index (χ1v) is 7.75. The van der Waals surface area contributed by atoms with Crippen molar-refractivity contribution in [3.05, 3.63) is 47.9 Å². The van der Waals surface area contributed by atoms with Crippen molar-refractivity contribution in [2.45, 2.75) is 6.92 Å². The van der Waals surface area contributed by atoms with Gasteiger partial charge in [0.2, 0.25) is 0 Å². The number of pyridine rings is 1. The lowest BCUT2D eigenvalue weighted by molar-refractivity contribution is 0.102. The Morgan fingerprint density at radius 2 is 1.96 bits per heavy atom. The number of hydrogen-bond acceptors (Lipinski definition) is 7. The second-order valence-corrected chi connectivity index (χ2v) is 5.44. The van der Waals surface area contributed by atoms with E-state index in [0.29, 0.717) is 34.1 Å². The molecule has 3 aromatic rings. The molecular weight excluding hydrogens is 336 g/mol.